The van der Waals surface area contributed by atoms with Crippen LogP contribution >= 0.6 is 34.9 Å². The summed E-state index contributed by atoms with van der Waals surface area (Å²) in [6.45, 7) is 2.27. The smallest absolute Gasteiger partial charge is 0.143 e. The van der Waals surface area contributed by atoms with E-state index in [4.69, 9.17) is 34.1 Å². The van der Waals surface area contributed by atoms with Crippen molar-refractivity contribution in [2.45, 2.75) is 6.92 Å². The molecule has 0 radical (unpaired) electrons. The molecule has 1 aromatic heterocycles. The Hall–Kier alpha value is -1.31. The number of oxime groups is 1. The number of nitrogens with two attached hydrogens (primary N) is 1. The Balaban J connectivity index is 2.28. The average Bonchev–Trinajstić information content (AvgIpc) is 2.86. The fourth-order valence-corrected chi connectivity index (χ4v) is 2.68. The lowest BCUT2D eigenvalue weighted by Crippen LogP contribution is -2.27. The van der Waals surface area contributed by atoms with Crippen LogP contribution in [0.25, 0.3) is 11.0 Å². The molecule has 0 saturated carbocycles. The van der Waals surface area contributed by atoms with Gasteiger partial charge in [0, 0.05) is 12.5 Å². The van der Waals surface area contributed by atoms with Gasteiger partial charge < -0.3 is 16.3 Å². The first-order chi connectivity index (χ1) is 9.04. The molecule has 1 aromatic carbocycles. The van der Waals surface area contributed by atoms with Crippen molar-refractivity contribution in [3.05, 3.63) is 16.1 Å². The lowest BCUT2D eigenvalue weighted by Gasteiger charge is -2.13. The number of nitrogens with one attached hydrogen (secondary N) is 1. The van der Waals surface area contributed by atoms with E-state index in [9.17, 15) is 0 Å². The zero-order valence-corrected chi connectivity index (χ0v) is 12.2. The molecule has 19 heavy (non-hydrogen) atoms. The third kappa shape index (κ3) is 2.83. The zero-order valence-electron chi connectivity index (χ0n) is 9.89. The third-order valence-electron chi connectivity index (χ3n) is 2.65. The number of nitrogens with zero attached hydrogens (tertiary/aromatic N) is 3. The second-order valence-electron chi connectivity index (χ2n) is 3.98. The van der Waals surface area contributed by atoms with Crippen molar-refractivity contribution < 1.29 is 5.21 Å². The summed E-state index contributed by atoms with van der Waals surface area (Å²) >= 11 is 13.2. The van der Waals surface area contributed by atoms with Gasteiger partial charge in [-0.1, -0.05) is 35.3 Å². The fourth-order valence-electron chi connectivity index (χ4n) is 1.50. The van der Waals surface area contributed by atoms with E-state index in [1.54, 1.807) is 6.07 Å². The largest absolute Gasteiger partial charge is 0.409 e. The van der Waals surface area contributed by atoms with Gasteiger partial charge in [-0.15, -0.1) is 0 Å². The maximum atomic E-state index is 8.60. The van der Waals surface area contributed by atoms with E-state index in [1.807, 2.05) is 6.92 Å². The molecule has 1 unspecified atom stereocenters. The van der Waals surface area contributed by atoms with E-state index < -0.39 is 0 Å². The molecule has 0 aliphatic rings. The van der Waals surface area contributed by atoms with E-state index in [0.29, 0.717) is 33.3 Å². The van der Waals surface area contributed by atoms with E-state index in [-0.39, 0.29) is 11.8 Å². The van der Waals surface area contributed by atoms with Crippen molar-refractivity contribution in [3.8, 4) is 0 Å². The summed E-state index contributed by atoms with van der Waals surface area (Å²) in [4.78, 5) is 0. The number of anilines is 1. The number of aromatic nitrogens is 2. The number of hydrogen-bond acceptors (Lipinski definition) is 6. The van der Waals surface area contributed by atoms with Crippen LogP contribution in [-0.4, -0.2) is 26.3 Å². The zero-order chi connectivity index (χ0) is 14.0. The summed E-state index contributed by atoms with van der Waals surface area (Å²) in [5, 5.41) is 15.6. The highest BCUT2D eigenvalue weighted by molar-refractivity contribution is 7.00. The normalized spacial score (nSPS) is 13.7. The fraction of sp³-hybridized carbons (Fsp3) is 0.300. The lowest BCUT2D eigenvalue weighted by molar-refractivity contribution is 0.315. The minimum absolute atomic E-state index is 0.144. The van der Waals surface area contributed by atoms with Gasteiger partial charge in [0.15, 0.2) is 0 Å². The van der Waals surface area contributed by atoms with Gasteiger partial charge in [-0.2, -0.15) is 8.75 Å². The van der Waals surface area contributed by atoms with Crippen molar-refractivity contribution >= 4 is 57.5 Å². The molecule has 0 spiro atoms. The number of amidine groups is 1. The van der Waals surface area contributed by atoms with E-state index in [2.05, 4.69) is 19.2 Å². The SMILES string of the molecule is CC(CNc1c(Cl)cc(Cl)c2nsnc12)C(N)=NO. The monoisotopic (exact) mass is 319 g/mol. The minimum Gasteiger partial charge on any atom is -0.409 e. The van der Waals surface area contributed by atoms with Crippen LogP contribution in [0.2, 0.25) is 10.0 Å². The van der Waals surface area contributed by atoms with Gasteiger partial charge >= 0.3 is 0 Å². The Morgan fingerprint density at radius 2 is 2.16 bits per heavy atom. The summed E-state index contributed by atoms with van der Waals surface area (Å²) in [7, 11) is 0. The van der Waals surface area contributed by atoms with Gasteiger partial charge in [0.2, 0.25) is 0 Å². The molecule has 6 nitrogen and oxygen atoms in total. The highest BCUT2D eigenvalue weighted by Crippen LogP contribution is 2.35. The molecule has 1 heterocycles. The van der Waals surface area contributed by atoms with Crippen LogP contribution in [0, 0.1) is 5.92 Å². The second-order valence-corrected chi connectivity index (χ2v) is 5.33. The molecule has 0 aliphatic heterocycles. The number of fused-ring (bicyclic) bond motifs is 1. The van der Waals surface area contributed by atoms with Crippen LogP contribution in [0.15, 0.2) is 11.2 Å². The van der Waals surface area contributed by atoms with Crippen LogP contribution in [0.1, 0.15) is 6.92 Å². The molecular weight excluding hydrogens is 309 g/mol. The molecular formula is C10H11Cl2N5OS. The first kappa shape index (κ1) is 14.1. The Kier molecular flexibility index (Phi) is 4.28. The van der Waals surface area contributed by atoms with Crippen LogP contribution < -0.4 is 11.1 Å². The average molecular weight is 320 g/mol. The van der Waals surface area contributed by atoms with Gasteiger partial charge in [-0.25, -0.2) is 0 Å². The maximum Gasteiger partial charge on any atom is 0.143 e. The summed E-state index contributed by atoms with van der Waals surface area (Å²) in [5.41, 5.74) is 7.39. The lowest BCUT2D eigenvalue weighted by atomic mass is 10.1. The van der Waals surface area contributed by atoms with E-state index in [0.717, 1.165) is 11.7 Å². The highest BCUT2D eigenvalue weighted by atomic mass is 35.5. The van der Waals surface area contributed by atoms with Crippen LogP contribution in [0.4, 0.5) is 5.69 Å². The maximum absolute atomic E-state index is 8.60. The quantitative estimate of drug-likeness (QED) is 0.348. The Labute approximate surface area is 123 Å². The topological polar surface area (TPSA) is 96.4 Å². The van der Waals surface area contributed by atoms with Gasteiger partial charge in [-0.05, 0) is 6.07 Å². The second kappa shape index (κ2) is 5.77. The van der Waals surface area contributed by atoms with Crippen LogP contribution in [0.3, 0.4) is 0 Å². The van der Waals surface area contributed by atoms with Crippen molar-refractivity contribution in [3.63, 3.8) is 0 Å². The van der Waals surface area contributed by atoms with Crippen molar-refractivity contribution in [2.75, 3.05) is 11.9 Å². The standard InChI is InChI=1S/C10H11Cl2N5OS/c1-4(10(13)15-18)3-14-7-5(11)2-6(12)8-9(7)17-19-16-8/h2,4,14,18H,3H2,1H3,(H2,13,15). The Bertz CT molecular complexity index is 630. The van der Waals surface area contributed by atoms with Gasteiger partial charge in [0.05, 0.1) is 27.5 Å². The summed E-state index contributed by atoms with van der Waals surface area (Å²) in [5.74, 6) is -0.0105. The number of rotatable bonds is 4. The Morgan fingerprint density at radius 3 is 2.84 bits per heavy atom. The van der Waals surface area contributed by atoms with Crippen molar-refractivity contribution in [1.29, 1.82) is 0 Å². The van der Waals surface area contributed by atoms with E-state index >= 15 is 0 Å². The molecule has 2 aromatic rings. The molecule has 0 aliphatic carbocycles. The third-order valence-corrected chi connectivity index (χ3v) is 3.76. The molecule has 102 valence electrons. The summed E-state index contributed by atoms with van der Waals surface area (Å²) < 4.78 is 8.28. The number of benzene rings is 1. The number of halogens is 2. The Morgan fingerprint density at radius 1 is 1.47 bits per heavy atom. The molecule has 4 N–H and O–H groups in total. The molecule has 0 fully saturated rings. The highest BCUT2D eigenvalue weighted by Gasteiger charge is 2.15. The number of hydrogen-bond donors (Lipinski definition) is 3. The molecule has 2 rings (SSSR count). The summed E-state index contributed by atoms with van der Waals surface area (Å²) in [6.07, 6.45) is 0. The molecule has 1 atom stereocenters. The summed E-state index contributed by atoms with van der Waals surface area (Å²) in [6, 6.07) is 1.61. The van der Waals surface area contributed by atoms with Gasteiger partial charge in [0.25, 0.3) is 0 Å². The molecule has 0 amide bonds. The molecule has 0 bridgehead atoms. The van der Waals surface area contributed by atoms with Gasteiger partial charge in [-0.3, -0.25) is 0 Å². The van der Waals surface area contributed by atoms with Gasteiger partial charge in [0.1, 0.15) is 16.9 Å². The first-order valence-electron chi connectivity index (χ1n) is 5.36. The van der Waals surface area contributed by atoms with Crippen LogP contribution in [-0.2, 0) is 0 Å². The van der Waals surface area contributed by atoms with Crippen molar-refractivity contribution in [2.24, 2.45) is 16.8 Å². The predicted molar refractivity (Wildman–Crippen MR) is 78.5 cm³/mol. The molecule has 0 saturated heterocycles. The van der Waals surface area contributed by atoms with Crippen molar-refractivity contribution in [1.82, 2.24) is 8.75 Å². The minimum atomic E-state index is -0.154. The molecule has 9 heteroatoms. The van der Waals surface area contributed by atoms with E-state index in [1.165, 1.54) is 0 Å². The predicted octanol–water partition coefficient (Wildman–Crippen LogP) is 2.79. The van der Waals surface area contributed by atoms with Crippen LogP contribution in [0.5, 0.6) is 0 Å². The first-order valence-corrected chi connectivity index (χ1v) is 6.84.